The summed E-state index contributed by atoms with van der Waals surface area (Å²) in [5.74, 6) is 0.498. The Kier molecular flexibility index (Phi) is 4.08. The van der Waals surface area contributed by atoms with Crippen molar-refractivity contribution < 1.29 is 17.9 Å². The third-order valence-electron chi connectivity index (χ3n) is 4.58. The van der Waals surface area contributed by atoms with Crippen molar-refractivity contribution in [1.82, 2.24) is 9.88 Å². The lowest BCUT2D eigenvalue weighted by atomic mass is 10.0. The molecule has 6 nitrogen and oxygen atoms in total. The zero-order chi connectivity index (χ0) is 15.7. The lowest BCUT2D eigenvalue weighted by Gasteiger charge is -2.38. The van der Waals surface area contributed by atoms with Crippen LogP contribution in [0.25, 0.3) is 0 Å². The molecule has 1 aromatic rings. The minimum absolute atomic E-state index is 0.0256. The molecule has 22 heavy (non-hydrogen) atoms. The Morgan fingerprint density at radius 2 is 2.05 bits per heavy atom. The van der Waals surface area contributed by atoms with E-state index < -0.39 is 9.84 Å². The van der Waals surface area contributed by atoms with Crippen LogP contribution in [0.3, 0.4) is 0 Å². The van der Waals surface area contributed by atoms with E-state index in [1.807, 2.05) is 4.90 Å². The van der Waals surface area contributed by atoms with Crippen molar-refractivity contribution in [2.45, 2.75) is 43.0 Å². The molecule has 2 aliphatic rings. The van der Waals surface area contributed by atoms with Crippen molar-refractivity contribution in [2.24, 2.45) is 0 Å². The van der Waals surface area contributed by atoms with E-state index in [2.05, 4.69) is 4.98 Å². The van der Waals surface area contributed by atoms with Crippen LogP contribution in [0.1, 0.15) is 25.7 Å². The van der Waals surface area contributed by atoms with Crippen molar-refractivity contribution in [3.8, 4) is 5.75 Å². The number of ether oxygens (including phenoxy) is 1. The molecule has 2 fully saturated rings. The molecule has 120 valence electrons. The summed E-state index contributed by atoms with van der Waals surface area (Å²) in [6.07, 6.45) is 7.37. The van der Waals surface area contributed by atoms with Gasteiger partial charge in [-0.15, -0.1) is 0 Å². The van der Waals surface area contributed by atoms with Crippen LogP contribution in [-0.4, -0.2) is 54.4 Å². The first-order valence-corrected chi connectivity index (χ1v) is 9.43. The van der Waals surface area contributed by atoms with Gasteiger partial charge in [0.05, 0.1) is 11.4 Å². The number of carbonyl (C=O) groups excluding carboxylic acids is 1. The highest BCUT2D eigenvalue weighted by molar-refractivity contribution is 7.91. The van der Waals surface area contributed by atoms with E-state index >= 15 is 0 Å². The van der Waals surface area contributed by atoms with Gasteiger partial charge in [-0.1, -0.05) is 0 Å². The molecule has 7 heteroatoms. The number of fused-ring (bicyclic) bond motifs is 2. The van der Waals surface area contributed by atoms with Crippen LogP contribution in [0.2, 0.25) is 0 Å². The first-order valence-electron chi connectivity index (χ1n) is 7.48. The van der Waals surface area contributed by atoms with Crippen molar-refractivity contribution in [2.75, 3.05) is 12.9 Å². The summed E-state index contributed by atoms with van der Waals surface area (Å²) < 4.78 is 29.0. The number of carbonyl (C=O) groups is 1. The number of nitrogens with zero attached hydrogens (tertiary/aromatic N) is 2. The minimum Gasteiger partial charge on any atom is -0.482 e. The Balaban J connectivity index is 1.63. The highest BCUT2D eigenvalue weighted by Gasteiger charge is 2.45. The van der Waals surface area contributed by atoms with Gasteiger partial charge in [0, 0.05) is 24.5 Å². The molecule has 0 saturated carbocycles. The molecule has 0 N–H and O–H groups in total. The molecule has 2 saturated heterocycles. The SMILES string of the molecule is CS(=O)(=O)C1CC2CCC(C1)N2C(=O)COc1cccnc1. The van der Waals surface area contributed by atoms with Crippen molar-refractivity contribution >= 4 is 15.7 Å². The largest absolute Gasteiger partial charge is 0.482 e. The zero-order valence-electron chi connectivity index (χ0n) is 12.5. The average Bonchev–Trinajstić information content (AvgIpc) is 2.74. The van der Waals surface area contributed by atoms with E-state index in [0.29, 0.717) is 18.6 Å². The fourth-order valence-corrected chi connectivity index (χ4v) is 4.68. The Morgan fingerprint density at radius 1 is 1.36 bits per heavy atom. The second-order valence-electron chi connectivity index (χ2n) is 6.09. The van der Waals surface area contributed by atoms with Crippen LogP contribution in [0, 0.1) is 0 Å². The topological polar surface area (TPSA) is 76.6 Å². The maximum Gasteiger partial charge on any atom is 0.261 e. The molecule has 2 unspecified atom stereocenters. The normalized spacial score (nSPS) is 27.7. The Bertz CT molecular complexity index is 633. The molecule has 0 spiro atoms. The summed E-state index contributed by atoms with van der Waals surface area (Å²) in [5, 5.41) is -0.312. The molecule has 2 bridgehead atoms. The number of rotatable bonds is 4. The smallest absolute Gasteiger partial charge is 0.261 e. The standard InChI is InChI=1S/C15H20N2O4S/c1-22(19,20)14-7-11-4-5-12(8-14)17(11)15(18)10-21-13-3-2-6-16-9-13/h2-3,6,9,11-12,14H,4-5,7-8,10H2,1H3. The van der Waals surface area contributed by atoms with Crippen LogP contribution in [-0.2, 0) is 14.6 Å². The van der Waals surface area contributed by atoms with E-state index in [0.717, 1.165) is 12.8 Å². The molecule has 3 rings (SSSR count). The second-order valence-corrected chi connectivity index (χ2v) is 8.41. The summed E-state index contributed by atoms with van der Waals surface area (Å²) in [4.78, 5) is 18.2. The van der Waals surface area contributed by atoms with Crippen LogP contribution < -0.4 is 4.74 Å². The Hall–Kier alpha value is -1.63. The van der Waals surface area contributed by atoms with Gasteiger partial charge in [-0.2, -0.15) is 0 Å². The second kappa shape index (κ2) is 5.87. The summed E-state index contributed by atoms with van der Waals surface area (Å²) in [6, 6.07) is 3.57. The lowest BCUT2D eigenvalue weighted by Crippen LogP contribution is -2.51. The van der Waals surface area contributed by atoms with Gasteiger partial charge in [-0.05, 0) is 37.8 Å². The van der Waals surface area contributed by atoms with Gasteiger partial charge in [0.2, 0.25) is 0 Å². The first-order chi connectivity index (χ1) is 10.4. The van der Waals surface area contributed by atoms with Gasteiger partial charge < -0.3 is 9.64 Å². The lowest BCUT2D eigenvalue weighted by molar-refractivity contribution is -0.137. The quantitative estimate of drug-likeness (QED) is 0.827. The molecule has 2 atom stereocenters. The van der Waals surface area contributed by atoms with Crippen LogP contribution in [0.15, 0.2) is 24.5 Å². The molecular weight excluding hydrogens is 304 g/mol. The number of hydrogen-bond acceptors (Lipinski definition) is 5. The van der Waals surface area contributed by atoms with Crippen LogP contribution in [0.5, 0.6) is 5.75 Å². The Labute approximate surface area is 130 Å². The van der Waals surface area contributed by atoms with Gasteiger partial charge >= 0.3 is 0 Å². The highest BCUT2D eigenvalue weighted by atomic mass is 32.2. The van der Waals surface area contributed by atoms with Gasteiger partial charge in [-0.3, -0.25) is 9.78 Å². The van der Waals surface area contributed by atoms with Gasteiger partial charge in [0.1, 0.15) is 15.6 Å². The molecule has 0 aromatic carbocycles. The summed E-state index contributed by atoms with van der Waals surface area (Å²) in [6.45, 7) is -0.0256. The van der Waals surface area contributed by atoms with Crippen molar-refractivity contribution in [3.63, 3.8) is 0 Å². The first kappa shape index (κ1) is 15.3. The minimum atomic E-state index is -3.03. The fraction of sp³-hybridized carbons (Fsp3) is 0.600. The number of pyridine rings is 1. The van der Waals surface area contributed by atoms with E-state index in [1.54, 1.807) is 24.5 Å². The van der Waals surface area contributed by atoms with Gasteiger partial charge in [0.15, 0.2) is 6.61 Å². The molecule has 3 heterocycles. The summed E-state index contributed by atoms with van der Waals surface area (Å²) >= 11 is 0. The number of hydrogen-bond donors (Lipinski definition) is 0. The van der Waals surface area contributed by atoms with Crippen molar-refractivity contribution in [1.29, 1.82) is 0 Å². The number of piperidine rings is 1. The van der Waals surface area contributed by atoms with Crippen LogP contribution >= 0.6 is 0 Å². The van der Waals surface area contributed by atoms with Gasteiger partial charge in [-0.25, -0.2) is 8.42 Å². The fourth-order valence-electron chi connectivity index (χ4n) is 3.54. The summed E-state index contributed by atoms with van der Waals surface area (Å²) in [7, 11) is -3.03. The number of sulfone groups is 1. The molecule has 1 amide bonds. The maximum atomic E-state index is 12.4. The Morgan fingerprint density at radius 3 is 2.59 bits per heavy atom. The van der Waals surface area contributed by atoms with Crippen LogP contribution in [0.4, 0.5) is 0 Å². The molecule has 0 radical (unpaired) electrons. The third-order valence-corrected chi connectivity index (χ3v) is 6.18. The van der Waals surface area contributed by atoms with E-state index in [1.165, 1.54) is 6.26 Å². The highest BCUT2D eigenvalue weighted by Crippen LogP contribution is 2.38. The monoisotopic (exact) mass is 324 g/mol. The van der Waals surface area contributed by atoms with Gasteiger partial charge in [0.25, 0.3) is 5.91 Å². The molecule has 0 aliphatic carbocycles. The van der Waals surface area contributed by atoms with Crippen molar-refractivity contribution in [3.05, 3.63) is 24.5 Å². The average molecular weight is 324 g/mol. The van der Waals surface area contributed by atoms with E-state index in [4.69, 9.17) is 4.74 Å². The predicted molar refractivity (Wildman–Crippen MR) is 81.3 cm³/mol. The zero-order valence-corrected chi connectivity index (χ0v) is 13.3. The molecular formula is C15H20N2O4S. The summed E-state index contributed by atoms with van der Waals surface area (Å²) in [5.41, 5.74) is 0. The third kappa shape index (κ3) is 3.09. The molecule has 2 aliphatic heterocycles. The van der Waals surface area contributed by atoms with E-state index in [-0.39, 0.29) is 29.8 Å². The molecule has 1 aromatic heterocycles. The predicted octanol–water partition coefficient (Wildman–Crippen LogP) is 1.03. The van der Waals surface area contributed by atoms with E-state index in [9.17, 15) is 13.2 Å². The maximum absolute atomic E-state index is 12.4. The number of aromatic nitrogens is 1. The number of amides is 1.